The number of rotatable bonds is 0. The van der Waals surface area contributed by atoms with Crippen LogP contribution in [0.1, 0.15) is 0 Å². The van der Waals surface area contributed by atoms with E-state index in [0.717, 1.165) is 16.4 Å². The van der Waals surface area contributed by atoms with Gasteiger partial charge < -0.3 is 4.40 Å². The summed E-state index contributed by atoms with van der Waals surface area (Å²) >= 11 is 0. The van der Waals surface area contributed by atoms with Gasteiger partial charge in [-0.1, -0.05) is 0 Å². The summed E-state index contributed by atoms with van der Waals surface area (Å²) < 4.78 is 14.9. The summed E-state index contributed by atoms with van der Waals surface area (Å²) in [7, 11) is 0. The van der Waals surface area contributed by atoms with Crippen LogP contribution in [-0.2, 0) is 0 Å². The molecule has 0 atom stereocenters. The summed E-state index contributed by atoms with van der Waals surface area (Å²) in [6.07, 6.45) is 5.35. The lowest BCUT2D eigenvalue weighted by Gasteiger charge is -1.94. The Bertz CT molecular complexity index is 613. The van der Waals surface area contributed by atoms with Crippen LogP contribution in [-0.4, -0.2) is 9.38 Å². The van der Waals surface area contributed by atoms with Crippen molar-refractivity contribution in [2.75, 3.05) is 0 Å². The highest BCUT2D eigenvalue weighted by atomic mass is 19.1. The monoisotopic (exact) mass is 186 g/mol. The predicted octanol–water partition coefficient (Wildman–Crippen LogP) is 2.63. The Morgan fingerprint density at radius 3 is 3.07 bits per heavy atom. The predicted molar refractivity (Wildman–Crippen MR) is 52.7 cm³/mol. The third-order valence-corrected chi connectivity index (χ3v) is 2.34. The molecular formula is C11H7FN2. The van der Waals surface area contributed by atoms with Crippen LogP contribution in [0.15, 0.2) is 42.9 Å². The lowest BCUT2D eigenvalue weighted by molar-refractivity contribution is 0.629. The minimum Gasteiger partial charge on any atom is -0.313 e. The molecule has 2 aromatic heterocycles. The summed E-state index contributed by atoms with van der Waals surface area (Å²) in [5.74, 6) is -0.207. The van der Waals surface area contributed by atoms with Gasteiger partial charge in [-0.3, -0.25) is 4.98 Å². The van der Waals surface area contributed by atoms with E-state index in [0.29, 0.717) is 0 Å². The van der Waals surface area contributed by atoms with Crippen LogP contribution in [0.3, 0.4) is 0 Å². The number of hydrogen-bond acceptors (Lipinski definition) is 1. The molecule has 0 aliphatic heterocycles. The van der Waals surface area contributed by atoms with Crippen molar-refractivity contribution in [2.45, 2.75) is 0 Å². The van der Waals surface area contributed by atoms with E-state index in [1.807, 2.05) is 16.7 Å². The van der Waals surface area contributed by atoms with Gasteiger partial charge in [-0.05, 0) is 24.3 Å². The fourth-order valence-electron chi connectivity index (χ4n) is 1.72. The number of hydrogen-bond donors (Lipinski definition) is 0. The summed E-state index contributed by atoms with van der Waals surface area (Å²) in [4.78, 5) is 4.02. The molecule has 1 aromatic carbocycles. The average molecular weight is 186 g/mol. The van der Waals surface area contributed by atoms with Crippen LogP contribution in [0.5, 0.6) is 0 Å². The zero-order chi connectivity index (χ0) is 9.54. The minimum absolute atomic E-state index is 0.207. The quantitative estimate of drug-likeness (QED) is 0.527. The van der Waals surface area contributed by atoms with Crippen LogP contribution >= 0.6 is 0 Å². The summed E-state index contributed by atoms with van der Waals surface area (Å²) in [5, 5.41) is 0.901. The number of halogens is 1. The fraction of sp³-hybridized carbons (Fsp3) is 0. The normalized spacial score (nSPS) is 11.2. The Morgan fingerprint density at radius 2 is 2.14 bits per heavy atom. The van der Waals surface area contributed by atoms with Gasteiger partial charge in [0.1, 0.15) is 5.82 Å². The first kappa shape index (κ1) is 7.50. The molecule has 0 bridgehead atoms. The molecule has 0 fully saturated rings. The second-order valence-electron chi connectivity index (χ2n) is 3.22. The van der Waals surface area contributed by atoms with E-state index < -0.39 is 0 Å². The van der Waals surface area contributed by atoms with E-state index in [9.17, 15) is 4.39 Å². The van der Waals surface area contributed by atoms with E-state index in [4.69, 9.17) is 0 Å². The molecule has 0 amide bonds. The van der Waals surface area contributed by atoms with Gasteiger partial charge in [0.15, 0.2) is 0 Å². The van der Waals surface area contributed by atoms with Crippen molar-refractivity contribution < 1.29 is 4.39 Å². The molecule has 2 nitrogen and oxygen atoms in total. The first-order valence-corrected chi connectivity index (χ1v) is 4.35. The van der Waals surface area contributed by atoms with E-state index >= 15 is 0 Å². The smallest absolute Gasteiger partial charge is 0.123 e. The minimum atomic E-state index is -0.207. The third kappa shape index (κ3) is 0.923. The molecule has 0 aliphatic carbocycles. The zero-order valence-corrected chi connectivity index (χ0v) is 7.31. The maximum atomic E-state index is 12.9. The van der Waals surface area contributed by atoms with Crippen molar-refractivity contribution in [3.8, 4) is 0 Å². The van der Waals surface area contributed by atoms with E-state index in [2.05, 4.69) is 4.98 Å². The second kappa shape index (κ2) is 2.54. The molecule has 3 heteroatoms. The highest BCUT2D eigenvalue weighted by molar-refractivity contribution is 5.86. The molecule has 0 radical (unpaired) electrons. The van der Waals surface area contributed by atoms with Gasteiger partial charge in [0, 0.05) is 17.8 Å². The topological polar surface area (TPSA) is 17.3 Å². The molecule has 0 N–H and O–H groups in total. The highest BCUT2D eigenvalue weighted by Crippen LogP contribution is 2.19. The first-order valence-electron chi connectivity index (χ1n) is 4.35. The summed E-state index contributed by atoms with van der Waals surface area (Å²) in [6.45, 7) is 0. The van der Waals surface area contributed by atoms with Crippen molar-refractivity contribution in [3.63, 3.8) is 0 Å². The van der Waals surface area contributed by atoms with Crippen molar-refractivity contribution in [2.24, 2.45) is 0 Å². The molecule has 3 rings (SSSR count). The van der Waals surface area contributed by atoms with Crippen molar-refractivity contribution in [1.29, 1.82) is 0 Å². The Morgan fingerprint density at radius 1 is 1.21 bits per heavy atom. The number of aromatic nitrogens is 2. The first-order chi connectivity index (χ1) is 6.84. The molecule has 0 spiro atoms. The molecule has 3 aromatic rings. The van der Waals surface area contributed by atoms with Crippen molar-refractivity contribution in [3.05, 3.63) is 48.7 Å². The molecule has 2 heterocycles. The average Bonchev–Trinajstić information content (AvgIpc) is 2.54. The van der Waals surface area contributed by atoms with E-state index in [1.165, 1.54) is 12.1 Å². The van der Waals surface area contributed by atoms with Gasteiger partial charge in [0.25, 0.3) is 0 Å². The van der Waals surface area contributed by atoms with Crippen molar-refractivity contribution in [1.82, 2.24) is 9.38 Å². The van der Waals surface area contributed by atoms with E-state index in [1.54, 1.807) is 18.5 Å². The Kier molecular flexibility index (Phi) is 1.36. The van der Waals surface area contributed by atoms with Crippen LogP contribution in [0, 0.1) is 5.82 Å². The molecule has 14 heavy (non-hydrogen) atoms. The van der Waals surface area contributed by atoms with Gasteiger partial charge >= 0.3 is 0 Å². The molecule has 0 unspecified atom stereocenters. The summed E-state index contributed by atoms with van der Waals surface area (Å²) in [5.41, 5.74) is 1.98. The largest absolute Gasteiger partial charge is 0.313 e. The molecular weight excluding hydrogens is 179 g/mol. The Hall–Kier alpha value is -1.90. The molecule has 0 saturated carbocycles. The maximum Gasteiger partial charge on any atom is 0.123 e. The molecule has 0 saturated heterocycles. The second-order valence-corrected chi connectivity index (χ2v) is 3.22. The maximum absolute atomic E-state index is 12.9. The van der Waals surface area contributed by atoms with Crippen LogP contribution in [0.25, 0.3) is 16.4 Å². The Labute approximate surface area is 79.6 Å². The third-order valence-electron chi connectivity index (χ3n) is 2.34. The van der Waals surface area contributed by atoms with Crippen LogP contribution < -0.4 is 0 Å². The lowest BCUT2D eigenvalue weighted by Crippen LogP contribution is -1.83. The van der Waals surface area contributed by atoms with E-state index in [-0.39, 0.29) is 5.82 Å². The zero-order valence-electron chi connectivity index (χ0n) is 7.31. The number of fused-ring (bicyclic) bond motifs is 3. The molecule has 68 valence electrons. The lowest BCUT2D eigenvalue weighted by atomic mass is 10.2. The van der Waals surface area contributed by atoms with Crippen LogP contribution in [0.4, 0.5) is 4.39 Å². The van der Waals surface area contributed by atoms with Gasteiger partial charge in [0.2, 0.25) is 0 Å². The van der Waals surface area contributed by atoms with Gasteiger partial charge in [0.05, 0.1) is 17.2 Å². The van der Waals surface area contributed by atoms with Gasteiger partial charge in [-0.25, -0.2) is 4.39 Å². The molecule has 0 aliphatic rings. The number of benzene rings is 1. The summed E-state index contributed by atoms with van der Waals surface area (Å²) in [6, 6.07) is 6.70. The van der Waals surface area contributed by atoms with Crippen LogP contribution in [0.2, 0.25) is 0 Å². The van der Waals surface area contributed by atoms with Crippen molar-refractivity contribution >= 4 is 16.4 Å². The van der Waals surface area contributed by atoms with Gasteiger partial charge in [-0.15, -0.1) is 0 Å². The highest BCUT2D eigenvalue weighted by Gasteiger charge is 2.02. The number of nitrogens with zero attached hydrogens (tertiary/aromatic N) is 2. The standard InChI is InChI=1S/C11H7FN2/c12-9-1-2-11-8(5-9)6-10-7-13-3-4-14(10)11/h1-7H. The SMILES string of the molecule is Fc1ccc2c(c1)cc1cnccn12. The van der Waals surface area contributed by atoms with Gasteiger partial charge in [-0.2, -0.15) is 0 Å². The Balaban J connectivity index is 2.57. The fourth-order valence-corrected chi connectivity index (χ4v) is 1.72.